The van der Waals surface area contributed by atoms with E-state index in [-0.39, 0.29) is 18.2 Å². The van der Waals surface area contributed by atoms with Gasteiger partial charge in [-0.25, -0.2) is 9.78 Å². The second kappa shape index (κ2) is 8.97. The van der Waals surface area contributed by atoms with Crippen LogP contribution < -0.4 is 15.8 Å². The van der Waals surface area contributed by atoms with Gasteiger partial charge in [0.05, 0.1) is 17.9 Å². The molecule has 0 atom stereocenters. The smallest absolute Gasteiger partial charge is 0.340 e. The second-order valence-corrected chi connectivity index (χ2v) is 7.23. The highest BCUT2D eigenvalue weighted by Crippen LogP contribution is 2.36. The number of nitrogens with one attached hydrogen (secondary N) is 1. The van der Waals surface area contributed by atoms with Gasteiger partial charge >= 0.3 is 5.97 Å². The topological polar surface area (TPSA) is 112 Å². The zero-order chi connectivity index (χ0) is 21.8. The number of nitrogens with zero attached hydrogens (tertiary/aromatic N) is 3. The molecule has 0 bridgehead atoms. The number of carbonyl (C=O) groups excluding carboxylic acids is 1. The van der Waals surface area contributed by atoms with Crippen LogP contribution >= 0.6 is 15.9 Å². The van der Waals surface area contributed by atoms with E-state index < -0.39 is 5.97 Å². The lowest BCUT2D eigenvalue weighted by molar-refractivity contribution is 0.0527. The predicted molar refractivity (Wildman–Crippen MR) is 122 cm³/mol. The maximum Gasteiger partial charge on any atom is 0.340 e. The van der Waals surface area contributed by atoms with Gasteiger partial charge < -0.3 is 20.5 Å². The molecule has 3 N–H and O–H groups in total. The number of esters is 1. The highest BCUT2D eigenvalue weighted by molar-refractivity contribution is 9.10. The Labute approximate surface area is 186 Å². The van der Waals surface area contributed by atoms with Crippen molar-refractivity contribution in [2.24, 2.45) is 0 Å². The Hall–Kier alpha value is -3.72. The van der Waals surface area contributed by atoms with E-state index >= 15 is 0 Å². The lowest BCUT2D eigenvalue weighted by Gasteiger charge is -2.14. The molecular weight excluding hydrogens is 462 g/mol. The first-order valence-corrected chi connectivity index (χ1v) is 10.2. The van der Waals surface area contributed by atoms with E-state index in [1.807, 2.05) is 18.2 Å². The average Bonchev–Trinajstić information content (AvgIpc) is 2.79. The number of nitrogens with two attached hydrogens (primary N) is 1. The van der Waals surface area contributed by atoms with Crippen molar-refractivity contribution in [2.45, 2.75) is 6.92 Å². The monoisotopic (exact) mass is 479 g/mol. The second-order valence-electron chi connectivity index (χ2n) is 6.38. The van der Waals surface area contributed by atoms with Crippen LogP contribution in [0.25, 0.3) is 10.9 Å². The molecule has 0 amide bonds. The number of ether oxygens (including phenoxy) is 2. The van der Waals surface area contributed by atoms with Gasteiger partial charge in [0.15, 0.2) is 11.6 Å². The van der Waals surface area contributed by atoms with E-state index in [2.05, 4.69) is 36.2 Å². The molecule has 2 heterocycles. The summed E-state index contributed by atoms with van der Waals surface area (Å²) in [4.78, 5) is 25.0. The molecule has 0 unspecified atom stereocenters. The maximum atomic E-state index is 12.2. The van der Waals surface area contributed by atoms with Crippen molar-refractivity contribution in [3.63, 3.8) is 0 Å². The Morgan fingerprint density at radius 3 is 2.77 bits per heavy atom. The van der Waals surface area contributed by atoms with Crippen molar-refractivity contribution in [3.05, 3.63) is 71.1 Å². The van der Waals surface area contributed by atoms with E-state index in [4.69, 9.17) is 15.2 Å². The van der Waals surface area contributed by atoms with E-state index in [0.29, 0.717) is 28.3 Å². The minimum absolute atomic E-state index is 0.167. The summed E-state index contributed by atoms with van der Waals surface area (Å²) in [5, 5.41) is 3.97. The Kier molecular flexibility index (Phi) is 5.94. The maximum absolute atomic E-state index is 12.2. The van der Waals surface area contributed by atoms with Crippen molar-refractivity contribution < 1.29 is 14.3 Å². The Bertz CT molecular complexity index is 1270. The molecule has 0 aliphatic rings. The third-order valence-electron chi connectivity index (χ3n) is 4.41. The molecule has 156 valence electrons. The van der Waals surface area contributed by atoms with Crippen molar-refractivity contribution in [1.29, 1.82) is 0 Å². The summed E-state index contributed by atoms with van der Waals surface area (Å²) in [6.45, 7) is 2.02. The van der Waals surface area contributed by atoms with Gasteiger partial charge in [-0.05, 0) is 37.3 Å². The summed E-state index contributed by atoms with van der Waals surface area (Å²) in [5.74, 6) is 0.528. The number of pyridine rings is 1. The predicted octanol–water partition coefficient (Wildman–Crippen LogP) is 5.08. The minimum Gasteiger partial charge on any atom is -0.462 e. The summed E-state index contributed by atoms with van der Waals surface area (Å²) >= 11 is 3.52. The molecule has 0 saturated carbocycles. The highest BCUT2D eigenvalue weighted by atomic mass is 79.9. The van der Waals surface area contributed by atoms with Crippen molar-refractivity contribution in [3.8, 4) is 11.6 Å². The van der Waals surface area contributed by atoms with Crippen LogP contribution in [-0.4, -0.2) is 27.5 Å². The molecular formula is C22H18BrN5O3. The van der Waals surface area contributed by atoms with Crippen molar-refractivity contribution >= 4 is 50.0 Å². The molecule has 0 fully saturated rings. The Balaban J connectivity index is 1.67. The molecule has 2 aromatic heterocycles. The molecule has 31 heavy (non-hydrogen) atoms. The van der Waals surface area contributed by atoms with Crippen LogP contribution in [0.1, 0.15) is 17.3 Å². The zero-order valence-electron chi connectivity index (χ0n) is 16.5. The number of hydrogen-bond donors (Lipinski definition) is 2. The third-order valence-corrected chi connectivity index (χ3v) is 5.10. The molecule has 4 rings (SSSR count). The SMILES string of the molecule is CCOC(=O)c1ccccc1Nc1ncnc(Oc2ccc(Br)c3cccnc23)c1N. The molecule has 0 saturated heterocycles. The molecule has 2 aromatic carbocycles. The summed E-state index contributed by atoms with van der Waals surface area (Å²) in [6, 6.07) is 14.4. The summed E-state index contributed by atoms with van der Waals surface area (Å²) in [5.41, 5.74) is 8.01. The van der Waals surface area contributed by atoms with Crippen molar-refractivity contribution in [2.75, 3.05) is 17.7 Å². The van der Waals surface area contributed by atoms with Crippen LogP contribution in [0.15, 0.2) is 65.5 Å². The largest absolute Gasteiger partial charge is 0.462 e. The van der Waals surface area contributed by atoms with Gasteiger partial charge in [-0.3, -0.25) is 4.98 Å². The summed E-state index contributed by atoms with van der Waals surface area (Å²) < 4.78 is 12.0. The number of fused-ring (bicyclic) bond motifs is 1. The molecule has 4 aromatic rings. The van der Waals surface area contributed by atoms with Crippen LogP contribution in [-0.2, 0) is 4.74 Å². The van der Waals surface area contributed by atoms with Gasteiger partial charge in [-0.15, -0.1) is 0 Å². The number of rotatable bonds is 6. The Morgan fingerprint density at radius 2 is 1.94 bits per heavy atom. The first-order chi connectivity index (χ1) is 15.1. The average molecular weight is 480 g/mol. The number of carbonyl (C=O) groups is 1. The van der Waals surface area contributed by atoms with Gasteiger partial charge in [0.25, 0.3) is 0 Å². The van der Waals surface area contributed by atoms with E-state index in [9.17, 15) is 4.79 Å². The lowest BCUT2D eigenvalue weighted by atomic mass is 10.2. The number of aromatic nitrogens is 3. The number of anilines is 3. The van der Waals surface area contributed by atoms with Crippen molar-refractivity contribution in [1.82, 2.24) is 15.0 Å². The fraction of sp³-hybridized carbons (Fsp3) is 0.0909. The number of hydrogen-bond acceptors (Lipinski definition) is 8. The van der Waals surface area contributed by atoms with Gasteiger partial charge in [-0.1, -0.05) is 34.1 Å². The first kappa shape index (κ1) is 20.5. The normalized spacial score (nSPS) is 10.6. The Morgan fingerprint density at radius 1 is 1.10 bits per heavy atom. The fourth-order valence-electron chi connectivity index (χ4n) is 2.97. The summed E-state index contributed by atoms with van der Waals surface area (Å²) in [7, 11) is 0. The molecule has 9 heteroatoms. The number of benzene rings is 2. The van der Waals surface area contributed by atoms with Gasteiger partial charge in [0, 0.05) is 16.1 Å². The van der Waals surface area contributed by atoms with E-state index in [0.717, 1.165) is 9.86 Å². The molecule has 0 aliphatic carbocycles. The quantitative estimate of drug-likeness (QED) is 0.368. The van der Waals surface area contributed by atoms with Crippen LogP contribution in [0.4, 0.5) is 17.2 Å². The lowest BCUT2D eigenvalue weighted by Crippen LogP contribution is -2.09. The highest BCUT2D eigenvalue weighted by Gasteiger charge is 2.17. The van der Waals surface area contributed by atoms with Gasteiger partial charge in [0.1, 0.15) is 17.5 Å². The summed E-state index contributed by atoms with van der Waals surface area (Å²) in [6.07, 6.45) is 3.01. The molecule has 0 radical (unpaired) electrons. The third kappa shape index (κ3) is 4.26. The fourth-order valence-corrected chi connectivity index (χ4v) is 3.42. The van der Waals surface area contributed by atoms with Gasteiger partial charge in [-0.2, -0.15) is 4.98 Å². The van der Waals surface area contributed by atoms with Crippen LogP contribution in [0.5, 0.6) is 11.6 Å². The van der Waals surface area contributed by atoms with Crippen LogP contribution in [0.3, 0.4) is 0 Å². The van der Waals surface area contributed by atoms with Crippen LogP contribution in [0.2, 0.25) is 0 Å². The number of para-hydroxylation sites is 1. The zero-order valence-corrected chi connectivity index (χ0v) is 18.1. The standard InChI is InChI=1S/C22H18BrN5O3/c1-2-30-22(29)14-6-3-4-8-16(14)28-20-18(24)21(27-12-26-20)31-17-10-9-15(23)13-7-5-11-25-19(13)17/h3-12H,2,24H2,1H3,(H,26,27,28). The van der Waals surface area contributed by atoms with E-state index in [1.165, 1.54) is 6.33 Å². The minimum atomic E-state index is -0.442. The molecule has 0 spiro atoms. The number of nitrogen functional groups attached to an aromatic ring is 1. The molecule has 8 nitrogen and oxygen atoms in total. The van der Waals surface area contributed by atoms with E-state index in [1.54, 1.807) is 43.5 Å². The number of halogens is 1. The van der Waals surface area contributed by atoms with Crippen LogP contribution in [0, 0.1) is 0 Å². The van der Waals surface area contributed by atoms with Gasteiger partial charge in [0.2, 0.25) is 5.88 Å². The first-order valence-electron chi connectivity index (χ1n) is 9.43. The molecule has 0 aliphatic heterocycles.